The minimum Gasteiger partial charge on any atom is -0.383 e. The van der Waals surface area contributed by atoms with E-state index in [0.717, 1.165) is 48.4 Å². The van der Waals surface area contributed by atoms with Crippen LogP contribution in [0, 0.1) is 0 Å². The highest BCUT2D eigenvalue weighted by Crippen LogP contribution is 2.36. The van der Waals surface area contributed by atoms with Crippen LogP contribution in [0.1, 0.15) is 23.2 Å². The number of nitrogens with two attached hydrogens (primary N) is 1. The predicted molar refractivity (Wildman–Crippen MR) is 109 cm³/mol. The van der Waals surface area contributed by atoms with Gasteiger partial charge in [-0.25, -0.2) is 4.98 Å². The molecule has 5 heteroatoms. The van der Waals surface area contributed by atoms with Crippen LogP contribution in [0.5, 0.6) is 0 Å². The predicted octanol–water partition coefficient (Wildman–Crippen LogP) is 4.31. The number of likely N-dealkylation sites (tertiary alicyclic amines) is 1. The number of rotatable bonds is 4. The number of carbonyl (C=O) groups excluding carboxylic acids is 1. The SMILES string of the molecule is Nc1ncc(Nc2ccccc2)c(-c2ccccc2)c1C(=O)N1CCCC1. The second-order valence-corrected chi connectivity index (χ2v) is 6.66. The van der Waals surface area contributed by atoms with Crippen LogP contribution < -0.4 is 11.1 Å². The van der Waals surface area contributed by atoms with Crippen molar-refractivity contribution < 1.29 is 4.79 Å². The smallest absolute Gasteiger partial charge is 0.258 e. The molecule has 1 aromatic heterocycles. The van der Waals surface area contributed by atoms with Gasteiger partial charge >= 0.3 is 0 Å². The zero-order chi connectivity index (χ0) is 18.6. The third-order valence-corrected chi connectivity index (χ3v) is 4.83. The Hall–Kier alpha value is -3.34. The first-order chi connectivity index (χ1) is 13.2. The molecule has 0 radical (unpaired) electrons. The summed E-state index contributed by atoms with van der Waals surface area (Å²) >= 11 is 0. The fourth-order valence-electron chi connectivity index (χ4n) is 3.50. The van der Waals surface area contributed by atoms with E-state index in [2.05, 4.69) is 10.3 Å². The Bertz CT molecular complexity index is 935. The molecule has 1 saturated heterocycles. The first-order valence-corrected chi connectivity index (χ1v) is 9.19. The fraction of sp³-hybridized carbons (Fsp3) is 0.182. The number of para-hydroxylation sites is 1. The summed E-state index contributed by atoms with van der Waals surface area (Å²) < 4.78 is 0. The summed E-state index contributed by atoms with van der Waals surface area (Å²) in [6.07, 6.45) is 3.76. The van der Waals surface area contributed by atoms with Gasteiger partial charge in [0.05, 0.1) is 17.4 Å². The molecule has 3 N–H and O–H groups in total. The number of benzene rings is 2. The molecule has 0 atom stereocenters. The zero-order valence-corrected chi connectivity index (χ0v) is 15.1. The maximum absolute atomic E-state index is 13.2. The van der Waals surface area contributed by atoms with Gasteiger partial charge in [-0.1, -0.05) is 48.5 Å². The van der Waals surface area contributed by atoms with Crippen molar-refractivity contribution in [1.82, 2.24) is 9.88 Å². The van der Waals surface area contributed by atoms with E-state index in [4.69, 9.17) is 5.73 Å². The summed E-state index contributed by atoms with van der Waals surface area (Å²) in [6, 6.07) is 19.7. The lowest BCUT2D eigenvalue weighted by Gasteiger charge is -2.21. The normalized spacial score (nSPS) is 13.6. The molecule has 2 aromatic carbocycles. The van der Waals surface area contributed by atoms with E-state index in [9.17, 15) is 4.79 Å². The van der Waals surface area contributed by atoms with Gasteiger partial charge in [0.15, 0.2) is 0 Å². The standard InChI is InChI=1S/C22H22N4O/c23-21-20(22(27)26-13-7-8-14-26)19(16-9-3-1-4-10-16)18(15-24-21)25-17-11-5-2-6-12-17/h1-6,9-12,15,25H,7-8,13-14H2,(H2,23,24). The van der Waals surface area contributed by atoms with Crippen molar-refractivity contribution in [2.24, 2.45) is 0 Å². The molecule has 136 valence electrons. The van der Waals surface area contributed by atoms with Crippen molar-refractivity contribution >= 4 is 23.1 Å². The Morgan fingerprint density at radius 1 is 0.963 bits per heavy atom. The molecule has 27 heavy (non-hydrogen) atoms. The fourth-order valence-corrected chi connectivity index (χ4v) is 3.50. The molecule has 1 aliphatic rings. The number of nitrogens with one attached hydrogen (secondary N) is 1. The maximum Gasteiger partial charge on any atom is 0.258 e. The van der Waals surface area contributed by atoms with Gasteiger partial charge in [-0.05, 0) is 30.5 Å². The highest BCUT2D eigenvalue weighted by Gasteiger charge is 2.27. The van der Waals surface area contributed by atoms with Gasteiger partial charge in [0, 0.05) is 24.3 Å². The Labute approximate surface area is 158 Å². The molecular formula is C22H22N4O. The number of nitrogens with zero attached hydrogens (tertiary/aromatic N) is 2. The third-order valence-electron chi connectivity index (χ3n) is 4.83. The maximum atomic E-state index is 13.2. The van der Waals surface area contributed by atoms with Crippen molar-refractivity contribution in [3.63, 3.8) is 0 Å². The van der Waals surface area contributed by atoms with Gasteiger partial charge in [-0.15, -0.1) is 0 Å². The minimum atomic E-state index is -0.0481. The summed E-state index contributed by atoms with van der Waals surface area (Å²) in [5.74, 6) is 0.220. The molecule has 1 aliphatic heterocycles. The number of nitrogen functional groups attached to an aromatic ring is 1. The highest BCUT2D eigenvalue weighted by atomic mass is 16.2. The first kappa shape index (κ1) is 17.1. The van der Waals surface area contributed by atoms with E-state index >= 15 is 0 Å². The van der Waals surface area contributed by atoms with Gasteiger partial charge in [-0.3, -0.25) is 4.79 Å². The van der Waals surface area contributed by atoms with Crippen molar-refractivity contribution in [3.05, 3.63) is 72.4 Å². The number of hydrogen-bond acceptors (Lipinski definition) is 4. The molecule has 4 rings (SSSR count). The van der Waals surface area contributed by atoms with Gasteiger partial charge in [0.1, 0.15) is 5.82 Å². The molecule has 3 aromatic rings. The highest BCUT2D eigenvalue weighted by molar-refractivity contribution is 6.08. The van der Waals surface area contributed by atoms with Gasteiger partial charge < -0.3 is 16.0 Å². The number of carbonyl (C=O) groups is 1. The zero-order valence-electron chi connectivity index (χ0n) is 15.1. The van der Waals surface area contributed by atoms with Crippen LogP contribution >= 0.6 is 0 Å². The number of amides is 1. The average Bonchev–Trinajstić information content (AvgIpc) is 3.25. The van der Waals surface area contributed by atoms with Crippen molar-refractivity contribution in [1.29, 1.82) is 0 Å². The van der Waals surface area contributed by atoms with Crippen LogP contribution in [0.3, 0.4) is 0 Å². The molecule has 2 heterocycles. The lowest BCUT2D eigenvalue weighted by molar-refractivity contribution is 0.0794. The lowest BCUT2D eigenvalue weighted by atomic mass is 9.97. The van der Waals surface area contributed by atoms with Crippen LogP contribution in [0.25, 0.3) is 11.1 Å². The van der Waals surface area contributed by atoms with E-state index in [1.54, 1.807) is 6.20 Å². The molecule has 0 spiro atoms. The van der Waals surface area contributed by atoms with Crippen LogP contribution in [-0.4, -0.2) is 28.9 Å². The average molecular weight is 358 g/mol. The second-order valence-electron chi connectivity index (χ2n) is 6.66. The summed E-state index contributed by atoms with van der Waals surface area (Å²) in [5, 5.41) is 3.40. The van der Waals surface area contributed by atoms with Gasteiger partial charge in [0.25, 0.3) is 5.91 Å². The Kier molecular flexibility index (Phi) is 4.75. The summed E-state index contributed by atoms with van der Waals surface area (Å²) in [7, 11) is 0. The first-order valence-electron chi connectivity index (χ1n) is 9.19. The largest absolute Gasteiger partial charge is 0.383 e. The van der Waals surface area contributed by atoms with E-state index in [1.165, 1.54) is 0 Å². The van der Waals surface area contributed by atoms with Crippen LogP contribution in [0.15, 0.2) is 66.9 Å². The summed E-state index contributed by atoms with van der Waals surface area (Å²) in [6.45, 7) is 1.53. The topological polar surface area (TPSA) is 71.2 Å². The number of pyridine rings is 1. The molecule has 0 saturated carbocycles. The molecule has 1 amide bonds. The molecule has 0 bridgehead atoms. The molecule has 0 aliphatic carbocycles. The Balaban J connectivity index is 1.86. The molecule has 5 nitrogen and oxygen atoms in total. The summed E-state index contributed by atoms with van der Waals surface area (Å²) in [4.78, 5) is 19.4. The lowest BCUT2D eigenvalue weighted by Crippen LogP contribution is -2.29. The van der Waals surface area contributed by atoms with E-state index < -0.39 is 0 Å². The third kappa shape index (κ3) is 3.49. The van der Waals surface area contributed by atoms with E-state index in [0.29, 0.717) is 5.56 Å². The number of aromatic nitrogens is 1. The monoisotopic (exact) mass is 358 g/mol. The van der Waals surface area contributed by atoms with Gasteiger partial charge in [0.2, 0.25) is 0 Å². The van der Waals surface area contributed by atoms with Crippen molar-refractivity contribution in [2.75, 3.05) is 24.1 Å². The molecule has 1 fully saturated rings. The number of hydrogen-bond donors (Lipinski definition) is 2. The minimum absolute atomic E-state index is 0.0481. The summed E-state index contributed by atoms with van der Waals surface area (Å²) in [5.41, 5.74) is 10.1. The Morgan fingerprint density at radius 3 is 2.26 bits per heavy atom. The van der Waals surface area contributed by atoms with Crippen LogP contribution in [-0.2, 0) is 0 Å². The van der Waals surface area contributed by atoms with Crippen molar-refractivity contribution in [2.45, 2.75) is 12.8 Å². The quantitative estimate of drug-likeness (QED) is 0.729. The van der Waals surface area contributed by atoms with E-state index in [1.807, 2.05) is 65.6 Å². The number of anilines is 3. The van der Waals surface area contributed by atoms with Crippen LogP contribution in [0.4, 0.5) is 17.2 Å². The second kappa shape index (κ2) is 7.50. The van der Waals surface area contributed by atoms with Crippen LogP contribution in [0.2, 0.25) is 0 Å². The van der Waals surface area contributed by atoms with Crippen molar-refractivity contribution in [3.8, 4) is 11.1 Å². The van der Waals surface area contributed by atoms with Gasteiger partial charge in [-0.2, -0.15) is 0 Å². The molecular weight excluding hydrogens is 336 g/mol. The Morgan fingerprint density at radius 2 is 1.59 bits per heavy atom. The molecule has 0 unspecified atom stereocenters. The van der Waals surface area contributed by atoms with E-state index in [-0.39, 0.29) is 11.7 Å².